The van der Waals surface area contributed by atoms with Crippen molar-refractivity contribution in [1.29, 1.82) is 0 Å². The third-order valence-electron chi connectivity index (χ3n) is 1.19. The molecule has 1 rings (SSSR count). The van der Waals surface area contributed by atoms with Gasteiger partial charge in [0.25, 0.3) is 0 Å². The number of tetrazole rings is 1. The van der Waals surface area contributed by atoms with E-state index in [4.69, 9.17) is 11.8 Å². The quantitative estimate of drug-likeness (QED) is 0.663. The van der Waals surface area contributed by atoms with E-state index in [9.17, 15) is 0 Å². The second-order valence-corrected chi connectivity index (χ2v) is 2.35. The lowest BCUT2D eigenvalue weighted by Crippen LogP contribution is -1.88. The fraction of sp³-hybridized carbons (Fsp3) is 0.800. The Morgan fingerprint density at radius 1 is 1.60 bits per heavy atom. The Bertz CT molecular complexity index is 197. The highest BCUT2D eigenvalue weighted by Crippen LogP contribution is 1.96. The second-order valence-electron chi connectivity index (χ2n) is 2.05. The summed E-state index contributed by atoms with van der Waals surface area (Å²) in [7, 11) is 0. The maximum Gasteiger partial charge on any atom is 0.176 e. The maximum absolute atomic E-state index is 5.37. The molecule has 1 aromatic heterocycles. The van der Waals surface area contributed by atoms with Crippen molar-refractivity contribution in [3.8, 4) is 0 Å². The highest BCUT2D eigenvalue weighted by atomic mass is 35.5. The molecule has 0 aliphatic rings. The molecule has 1 heterocycles. The SMILES string of the molecule is CCCCc1nnn(Cl)n1. The number of aryl methyl sites for hydroxylation is 1. The smallest absolute Gasteiger partial charge is 0.120 e. The van der Waals surface area contributed by atoms with E-state index in [1.165, 1.54) is 0 Å². The summed E-state index contributed by atoms with van der Waals surface area (Å²) < 4.78 is 0.963. The Kier molecular flexibility index (Phi) is 2.62. The molecule has 0 saturated carbocycles. The van der Waals surface area contributed by atoms with Gasteiger partial charge in [-0.3, -0.25) is 0 Å². The van der Waals surface area contributed by atoms with Crippen molar-refractivity contribution in [2.45, 2.75) is 26.2 Å². The van der Waals surface area contributed by atoms with Gasteiger partial charge in [0, 0.05) is 6.42 Å². The molecule has 0 aliphatic heterocycles. The molecule has 0 radical (unpaired) electrons. The number of hydrogen-bond acceptors (Lipinski definition) is 3. The first-order valence-corrected chi connectivity index (χ1v) is 3.61. The van der Waals surface area contributed by atoms with Crippen LogP contribution >= 0.6 is 11.8 Å². The fourth-order valence-corrected chi connectivity index (χ4v) is 0.780. The summed E-state index contributed by atoms with van der Waals surface area (Å²) in [4.78, 5) is 0. The molecule has 0 aliphatic carbocycles. The van der Waals surface area contributed by atoms with E-state index in [1.54, 1.807) is 0 Å². The third kappa shape index (κ3) is 1.95. The van der Waals surface area contributed by atoms with E-state index < -0.39 is 0 Å². The molecule has 0 bridgehead atoms. The number of aromatic nitrogens is 4. The van der Waals surface area contributed by atoms with Crippen molar-refractivity contribution in [3.05, 3.63) is 5.82 Å². The Balaban J connectivity index is 2.42. The summed E-state index contributed by atoms with van der Waals surface area (Å²) >= 11 is 5.37. The number of unbranched alkanes of at least 4 members (excludes halogenated alkanes) is 1. The fourth-order valence-electron chi connectivity index (χ4n) is 0.659. The van der Waals surface area contributed by atoms with Crippen LogP contribution in [0.25, 0.3) is 0 Å². The number of hydrogen-bond donors (Lipinski definition) is 0. The number of halogens is 1. The minimum Gasteiger partial charge on any atom is -0.120 e. The minimum atomic E-state index is 0.719. The monoisotopic (exact) mass is 160 g/mol. The van der Waals surface area contributed by atoms with E-state index >= 15 is 0 Å². The van der Waals surface area contributed by atoms with Crippen LogP contribution in [0.5, 0.6) is 0 Å². The third-order valence-corrected chi connectivity index (χ3v) is 1.33. The zero-order valence-electron chi connectivity index (χ0n) is 5.79. The Morgan fingerprint density at radius 2 is 2.40 bits per heavy atom. The Hall–Kier alpha value is -0.640. The summed E-state index contributed by atoms with van der Waals surface area (Å²) in [6.07, 6.45) is 3.09. The van der Waals surface area contributed by atoms with E-state index in [1.807, 2.05) is 0 Å². The van der Waals surface area contributed by atoms with Crippen LogP contribution in [0, 0.1) is 0 Å². The van der Waals surface area contributed by atoms with Crippen LogP contribution in [0.15, 0.2) is 0 Å². The molecule has 0 N–H and O–H groups in total. The molecular weight excluding hydrogens is 152 g/mol. The first-order chi connectivity index (χ1) is 4.83. The van der Waals surface area contributed by atoms with Gasteiger partial charge in [-0.15, -0.1) is 10.2 Å². The van der Waals surface area contributed by atoms with E-state index in [-0.39, 0.29) is 0 Å². The van der Waals surface area contributed by atoms with Gasteiger partial charge in [0.05, 0.1) is 11.8 Å². The maximum atomic E-state index is 5.37. The molecular formula is C5H9ClN4. The highest BCUT2D eigenvalue weighted by Gasteiger charge is 1.98. The molecule has 10 heavy (non-hydrogen) atoms. The molecule has 0 spiro atoms. The van der Waals surface area contributed by atoms with Gasteiger partial charge in [0.1, 0.15) is 0 Å². The van der Waals surface area contributed by atoms with Gasteiger partial charge in [0.2, 0.25) is 0 Å². The Morgan fingerprint density at radius 3 is 2.90 bits per heavy atom. The first kappa shape index (κ1) is 7.47. The molecule has 1 aromatic rings. The first-order valence-electron chi connectivity index (χ1n) is 3.28. The van der Waals surface area contributed by atoms with Crippen LogP contribution in [-0.2, 0) is 6.42 Å². The molecule has 0 aromatic carbocycles. The van der Waals surface area contributed by atoms with Crippen molar-refractivity contribution in [3.63, 3.8) is 0 Å². The van der Waals surface area contributed by atoms with E-state index in [0.29, 0.717) is 0 Å². The van der Waals surface area contributed by atoms with Gasteiger partial charge in [-0.1, -0.05) is 17.7 Å². The minimum absolute atomic E-state index is 0.719. The summed E-state index contributed by atoms with van der Waals surface area (Å²) in [5.41, 5.74) is 0. The second kappa shape index (κ2) is 3.51. The van der Waals surface area contributed by atoms with Crippen molar-refractivity contribution >= 4 is 11.8 Å². The van der Waals surface area contributed by atoms with Crippen LogP contribution < -0.4 is 0 Å². The zero-order chi connectivity index (χ0) is 7.40. The van der Waals surface area contributed by atoms with Gasteiger partial charge >= 0.3 is 0 Å². The molecule has 0 unspecified atom stereocenters. The van der Waals surface area contributed by atoms with Crippen molar-refractivity contribution in [2.75, 3.05) is 0 Å². The number of rotatable bonds is 3. The molecule has 0 saturated heterocycles. The molecule has 56 valence electrons. The van der Waals surface area contributed by atoms with Crippen molar-refractivity contribution < 1.29 is 0 Å². The average molecular weight is 161 g/mol. The average Bonchev–Trinajstić information content (AvgIpc) is 2.31. The van der Waals surface area contributed by atoms with E-state index in [0.717, 1.165) is 29.4 Å². The van der Waals surface area contributed by atoms with Crippen LogP contribution in [0.4, 0.5) is 0 Å². The lowest BCUT2D eigenvalue weighted by Gasteiger charge is -1.86. The Labute approximate surface area is 64.3 Å². The molecule has 0 amide bonds. The summed E-state index contributed by atoms with van der Waals surface area (Å²) in [5, 5.41) is 11.0. The van der Waals surface area contributed by atoms with Crippen LogP contribution in [0.3, 0.4) is 0 Å². The molecule has 0 atom stereocenters. The van der Waals surface area contributed by atoms with Gasteiger partial charge in [0.15, 0.2) is 5.82 Å². The standard InChI is InChI=1S/C5H9ClN4/c1-2-3-4-5-7-9-10(6)8-5/h2-4H2,1H3. The van der Waals surface area contributed by atoms with Gasteiger partial charge in [-0.25, -0.2) is 0 Å². The largest absolute Gasteiger partial charge is 0.176 e. The van der Waals surface area contributed by atoms with Gasteiger partial charge in [-0.2, -0.15) is 0 Å². The van der Waals surface area contributed by atoms with Crippen molar-refractivity contribution in [1.82, 2.24) is 19.7 Å². The predicted octanol–water partition coefficient (Wildman–Crippen LogP) is 1.02. The van der Waals surface area contributed by atoms with E-state index in [2.05, 4.69) is 22.3 Å². The van der Waals surface area contributed by atoms with Crippen molar-refractivity contribution in [2.24, 2.45) is 0 Å². The van der Waals surface area contributed by atoms with Crippen LogP contribution in [0.1, 0.15) is 25.6 Å². The molecule has 5 heteroatoms. The normalized spacial score (nSPS) is 10.2. The summed E-state index contributed by atoms with van der Waals surface area (Å²) in [6.45, 7) is 2.12. The molecule has 0 fully saturated rings. The van der Waals surface area contributed by atoms with Crippen LogP contribution in [0.2, 0.25) is 0 Å². The number of nitrogens with zero attached hydrogens (tertiary/aromatic N) is 4. The van der Waals surface area contributed by atoms with Gasteiger partial charge < -0.3 is 0 Å². The van der Waals surface area contributed by atoms with Gasteiger partial charge in [-0.05, 0) is 11.6 Å². The lowest BCUT2D eigenvalue weighted by molar-refractivity contribution is 0.751. The summed E-state index contributed by atoms with van der Waals surface area (Å²) in [5.74, 6) is 0.719. The summed E-state index contributed by atoms with van der Waals surface area (Å²) in [6, 6.07) is 0. The lowest BCUT2D eigenvalue weighted by atomic mass is 10.2. The zero-order valence-corrected chi connectivity index (χ0v) is 6.54. The topological polar surface area (TPSA) is 43.6 Å². The molecule has 4 nitrogen and oxygen atoms in total. The highest BCUT2D eigenvalue weighted by molar-refractivity contribution is 6.13. The van der Waals surface area contributed by atoms with Crippen LogP contribution in [-0.4, -0.2) is 19.7 Å². The predicted molar refractivity (Wildman–Crippen MR) is 37.7 cm³/mol.